The van der Waals surface area contributed by atoms with Crippen LogP contribution in [0, 0.1) is 6.92 Å². The highest BCUT2D eigenvalue weighted by Crippen LogP contribution is 2.20. The van der Waals surface area contributed by atoms with Crippen molar-refractivity contribution in [3.63, 3.8) is 0 Å². The Morgan fingerprint density at radius 2 is 2.24 bits per heavy atom. The summed E-state index contributed by atoms with van der Waals surface area (Å²) < 4.78 is 2.14. The predicted molar refractivity (Wildman–Crippen MR) is 67.8 cm³/mol. The van der Waals surface area contributed by atoms with Crippen LogP contribution in [-0.2, 0) is 6.54 Å². The molecule has 90 valence electrons. The van der Waals surface area contributed by atoms with Gasteiger partial charge in [0.25, 0.3) is 0 Å². The first-order chi connectivity index (χ1) is 8.26. The highest BCUT2D eigenvalue weighted by Gasteiger charge is 2.17. The molecular weight excluding hydrogens is 212 g/mol. The first-order valence-corrected chi connectivity index (χ1v) is 5.86. The molecule has 0 spiro atoms. The van der Waals surface area contributed by atoms with Crippen molar-refractivity contribution in [2.45, 2.75) is 26.4 Å². The van der Waals surface area contributed by atoms with Crippen molar-refractivity contribution in [2.24, 2.45) is 0 Å². The van der Waals surface area contributed by atoms with Crippen LogP contribution in [0.1, 0.15) is 29.9 Å². The summed E-state index contributed by atoms with van der Waals surface area (Å²) in [7, 11) is 1.95. The predicted octanol–water partition coefficient (Wildman–Crippen LogP) is 1.92. The van der Waals surface area contributed by atoms with E-state index in [0.29, 0.717) is 0 Å². The fourth-order valence-corrected chi connectivity index (χ4v) is 2.03. The number of hydrogen-bond donors (Lipinski definition) is 1. The minimum atomic E-state index is 0.0948. The Balaban J connectivity index is 2.40. The molecule has 0 fully saturated rings. The summed E-state index contributed by atoms with van der Waals surface area (Å²) in [5, 5.41) is 3.30. The Morgan fingerprint density at radius 1 is 1.41 bits per heavy atom. The van der Waals surface area contributed by atoms with Crippen LogP contribution in [-0.4, -0.2) is 21.6 Å². The summed E-state index contributed by atoms with van der Waals surface area (Å²) >= 11 is 0. The monoisotopic (exact) mass is 230 g/mol. The molecule has 2 rings (SSSR count). The van der Waals surface area contributed by atoms with Crippen LogP contribution in [0.5, 0.6) is 0 Å². The van der Waals surface area contributed by atoms with Gasteiger partial charge in [-0.3, -0.25) is 4.98 Å². The van der Waals surface area contributed by atoms with E-state index in [1.807, 2.05) is 31.8 Å². The molecule has 0 aliphatic carbocycles. The van der Waals surface area contributed by atoms with Gasteiger partial charge in [-0.15, -0.1) is 0 Å². The lowest BCUT2D eigenvalue weighted by Gasteiger charge is -2.17. The van der Waals surface area contributed by atoms with Crippen LogP contribution < -0.4 is 5.32 Å². The quantitative estimate of drug-likeness (QED) is 0.872. The van der Waals surface area contributed by atoms with Crippen molar-refractivity contribution in [3.05, 3.63) is 47.8 Å². The van der Waals surface area contributed by atoms with E-state index in [1.54, 1.807) is 0 Å². The van der Waals surface area contributed by atoms with E-state index in [-0.39, 0.29) is 6.04 Å². The van der Waals surface area contributed by atoms with E-state index < -0.39 is 0 Å². The molecule has 1 N–H and O–H groups in total. The molecule has 0 saturated heterocycles. The van der Waals surface area contributed by atoms with E-state index in [1.165, 1.54) is 0 Å². The van der Waals surface area contributed by atoms with Gasteiger partial charge in [-0.05, 0) is 32.0 Å². The van der Waals surface area contributed by atoms with Crippen molar-refractivity contribution >= 4 is 0 Å². The topological polar surface area (TPSA) is 42.7 Å². The molecule has 0 bridgehead atoms. The summed E-state index contributed by atoms with van der Waals surface area (Å²) in [6.07, 6.45) is 7.60. The van der Waals surface area contributed by atoms with Gasteiger partial charge < -0.3 is 9.88 Å². The van der Waals surface area contributed by atoms with E-state index in [0.717, 1.165) is 23.5 Å². The maximum absolute atomic E-state index is 4.44. The highest BCUT2D eigenvalue weighted by molar-refractivity contribution is 5.25. The van der Waals surface area contributed by atoms with E-state index >= 15 is 0 Å². The molecule has 0 aromatic carbocycles. The second-order valence-electron chi connectivity index (χ2n) is 4.09. The van der Waals surface area contributed by atoms with E-state index in [9.17, 15) is 0 Å². The lowest BCUT2D eigenvalue weighted by molar-refractivity contribution is 0.588. The molecule has 2 aromatic rings. The van der Waals surface area contributed by atoms with Gasteiger partial charge in [-0.1, -0.05) is 6.07 Å². The first-order valence-electron chi connectivity index (χ1n) is 5.86. The Kier molecular flexibility index (Phi) is 3.54. The van der Waals surface area contributed by atoms with Crippen molar-refractivity contribution in [2.75, 3.05) is 7.05 Å². The maximum Gasteiger partial charge on any atom is 0.130 e. The molecule has 4 nitrogen and oxygen atoms in total. The van der Waals surface area contributed by atoms with Gasteiger partial charge in [0.1, 0.15) is 5.82 Å². The van der Waals surface area contributed by atoms with Crippen LogP contribution in [0.4, 0.5) is 0 Å². The summed E-state index contributed by atoms with van der Waals surface area (Å²) in [5.41, 5.74) is 2.31. The summed E-state index contributed by atoms with van der Waals surface area (Å²) in [6.45, 7) is 5.09. The molecule has 4 heteroatoms. The third-order valence-electron chi connectivity index (χ3n) is 2.86. The second-order valence-corrected chi connectivity index (χ2v) is 4.09. The summed E-state index contributed by atoms with van der Waals surface area (Å²) in [6, 6.07) is 2.24. The number of pyridine rings is 1. The number of aryl methyl sites for hydroxylation is 2. The second kappa shape index (κ2) is 5.10. The molecule has 0 aliphatic heterocycles. The van der Waals surface area contributed by atoms with Crippen molar-refractivity contribution in [1.29, 1.82) is 0 Å². The minimum Gasteiger partial charge on any atom is -0.334 e. The summed E-state index contributed by atoms with van der Waals surface area (Å²) in [4.78, 5) is 8.68. The molecular formula is C13H18N4. The maximum atomic E-state index is 4.44. The van der Waals surface area contributed by atoms with Gasteiger partial charge in [-0.25, -0.2) is 4.98 Å². The number of rotatable bonds is 4. The Bertz CT molecular complexity index is 490. The van der Waals surface area contributed by atoms with Gasteiger partial charge >= 0.3 is 0 Å². The normalized spacial score (nSPS) is 12.6. The largest absolute Gasteiger partial charge is 0.334 e. The molecule has 1 unspecified atom stereocenters. The Morgan fingerprint density at radius 3 is 2.88 bits per heavy atom. The molecule has 0 amide bonds. The van der Waals surface area contributed by atoms with Crippen molar-refractivity contribution < 1.29 is 0 Å². The van der Waals surface area contributed by atoms with Crippen LogP contribution in [0.15, 0.2) is 30.9 Å². The minimum absolute atomic E-state index is 0.0948. The van der Waals surface area contributed by atoms with E-state index in [2.05, 4.69) is 39.8 Å². The fourth-order valence-electron chi connectivity index (χ4n) is 2.03. The number of imidazole rings is 1. The molecule has 0 radical (unpaired) electrons. The lowest BCUT2D eigenvalue weighted by Crippen LogP contribution is -2.22. The van der Waals surface area contributed by atoms with Crippen molar-refractivity contribution in [1.82, 2.24) is 19.9 Å². The van der Waals surface area contributed by atoms with Gasteiger partial charge in [-0.2, -0.15) is 0 Å². The fraction of sp³-hybridized carbons (Fsp3) is 0.385. The Hall–Kier alpha value is -1.68. The van der Waals surface area contributed by atoms with Crippen LogP contribution in [0.25, 0.3) is 0 Å². The zero-order valence-electron chi connectivity index (χ0n) is 10.5. The zero-order chi connectivity index (χ0) is 12.3. The van der Waals surface area contributed by atoms with Gasteiger partial charge in [0.2, 0.25) is 0 Å². The average molecular weight is 230 g/mol. The first kappa shape index (κ1) is 11.8. The third kappa shape index (κ3) is 2.36. The third-order valence-corrected chi connectivity index (χ3v) is 2.86. The number of aromatic nitrogens is 3. The van der Waals surface area contributed by atoms with Crippen molar-refractivity contribution in [3.8, 4) is 0 Å². The molecule has 2 aromatic heterocycles. The highest BCUT2D eigenvalue weighted by atomic mass is 15.1. The van der Waals surface area contributed by atoms with Crippen LogP contribution >= 0.6 is 0 Å². The van der Waals surface area contributed by atoms with Crippen LogP contribution in [0.3, 0.4) is 0 Å². The van der Waals surface area contributed by atoms with Crippen LogP contribution in [0.2, 0.25) is 0 Å². The molecule has 0 aliphatic rings. The molecule has 1 atom stereocenters. The average Bonchev–Trinajstić information content (AvgIpc) is 2.78. The summed E-state index contributed by atoms with van der Waals surface area (Å²) in [5.74, 6) is 1.03. The lowest BCUT2D eigenvalue weighted by atomic mass is 10.1. The zero-order valence-corrected chi connectivity index (χ0v) is 10.5. The molecule has 2 heterocycles. The van der Waals surface area contributed by atoms with Gasteiger partial charge in [0.15, 0.2) is 0 Å². The van der Waals surface area contributed by atoms with E-state index in [4.69, 9.17) is 0 Å². The molecule has 0 saturated carbocycles. The van der Waals surface area contributed by atoms with Gasteiger partial charge in [0.05, 0.1) is 6.04 Å². The standard InChI is InChI=1S/C13H18N4/c1-4-17-6-5-16-13(17)12(14-3)11-7-10(2)8-15-9-11/h5-9,12,14H,4H2,1-3H3. The Labute approximate surface area is 102 Å². The number of nitrogens with zero attached hydrogens (tertiary/aromatic N) is 3. The van der Waals surface area contributed by atoms with Gasteiger partial charge in [0, 0.05) is 31.3 Å². The smallest absolute Gasteiger partial charge is 0.130 e. The number of nitrogens with one attached hydrogen (secondary N) is 1. The molecule has 17 heavy (non-hydrogen) atoms. The number of hydrogen-bond acceptors (Lipinski definition) is 3. The SMILES string of the molecule is CCn1ccnc1C(NC)c1cncc(C)c1.